The second kappa shape index (κ2) is 7.66. The van der Waals surface area contributed by atoms with E-state index < -0.39 is 23.1 Å². The van der Waals surface area contributed by atoms with E-state index in [1.807, 2.05) is 0 Å². The Kier molecular flexibility index (Phi) is 5.42. The number of anilines is 1. The first-order valence-electron chi connectivity index (χ1n) is 9.42. The molecule has 0 atom stereocenters. The van der Waals surface area contributed by atoms with Crippen LogP contribution in [-0.4, -0.2) is 27.8 Å². The molecule has 0 saturated heterocycles. The molecule has 29 heavy (non-hydrogen) atoms. The zero-order chi connectivity index (χ0) is 21.3. The van der Waals surface area contributed by atoms with Gasteiger partial charge in [0.2, 0.25) is 5.95 Å². The van der Waals surface area contributed by atoms with Gasteiger partial charge in [0.15, 0.2) is 0 Å². The van der Waals surface area contributed by atoms with Crippen molar-refractivity contribution in [3.63, 3.8) is 0 Å². The SMILES string of the molecule is CCN(C(=O)OC(C)(C)C)c1nc2c(C)ccc(F)c2c(=O)n1-c1ccccc1. The number of aromatic nitrogens is 2. The highest BCUT2D eigenvalue weighted by Crippen LogP contribution is 2.24. The number of aryl methyl sites for hydroxylation is 1. The van der Waals surface area contributed by atoms with Crippen LogP contribution in [0.2, 0.25) is 0 Å². The van der Waals surface area contributed by atoms with Gasteiger partial charge in [0.05, 0.1) is 11.2 Å². The molecule has 0 unspecified atom stereocenters. The molecule has 3 aromatic rings. The lowest BCUT2D eigenvalue weighted by atomic mass is 10.1. The molecule has 0 N–H and O–H groups in total. The fraction of sp³-hybridized carbons (Fsp3) is 0.318. The minimum absolute atomic E-state index is 0.0825. The maximum Gasteiger partial charge on any atom is 0.417 e. The van der Waals surface area contributed by atoms with Crippen molar-refractivity contribution in [2.24, 2.45) is 0 Å². The Balaban J connectivity index is 2.36. The van der Waals surface area contributed by atoms with E-state index in [4.69, 9.17) is 4.74 Å². The van der Waals surface area contributed by atoms with E-state index in [0.717, 1.165) is 0 Å². The molecule has 2 aromatic carbocycles. The van der Waals surface area contributed by atoms with Crippen molar-refractivity contribution in [3.8, 4) is 5.69 Å². The van der Waals surface area contributed by atoms with Crippen molar-refractivity contribution in [3.05, 3.63) is 64.2 Å². The molecular weight excluding hydrogens is 373 g/mol. The van der Waals surface area contributed by atoms with Crippen LogP contribution in [0.4, 0.5) is 15.1 Å². The average molecular weight is 397 g/mol. The summed E-state index contributed by atoms with van der Waals surface area (Å²) in [4.78, 5) is 32.0. The van der Waals surface area contributed by atoms with Gasteiger partial charge in [-0.25, -0.2) is 23.6 Å². The summed E-state index contributed by atoms with van der Waals surface area (Å²) in [6, 6.07) is 11.5. The molecule has 152 valence electrons. The summed E-state index contributed by atoms with van der Waals surface area (Å²) >= 11 is 0. The van der Waals surface area contributed by atoms with Crippen LogP contribution < -0.4 is 10.5 Å². The Morgan fingerprint density at radius 1 is 1.17 bits per heavy atom. The largest absolute Gasteiger partial charge is 0.443 e. The van der Waals surface area contributed by atoms with Crippen LogP contribution in [0.15, 0.2) is 47.3 Å². The normalized spacial score (nSPS) is 11.5. The topological polar surface area (TPSA) is 64.4 Å². The Labute approximate surface area is 168 Å². The van der Waals surface area contributed by atoms with Crippen molar-refractivity contribution in [1.29, 1.82) is 0 Å². The number of benzene rings is 2. The summed E-state index contributed by atoms with van der Waals surface area (Å²) in [5, 5.41) is -0.113. The molecule has 1 amide bonds. The molecule has 3 rings (SSSR count). The van der Waals surface area contributed by atoms with Crippen LogP contribution in [-0.2, 0) is 4.74 Å². The van der Waals surface area contributed by atoms with Gasteiger partial charge < -0.3 is 4.74 Å². The third kappa shape index (κ3) is 3.99. The molecule has 1 heterocycles. The number of amides is 1. The summed E-state index contributed by atoms with van der Waals surface area (Å²) in [5.41, 5.74) is 0.0324. The highest BCUT2D eigenvalue weighted by atomic mass is 19.1. The Morgan fingerprint density at radius 2 is 1.83 bits per heavy atom. The van der Waals surface area contributed by atoms with Crippen LogP contribution in [0.3, 0.4) is 0 Å². The molecule has 0 aliphatic carbocycles. The quantitative estimate of drug-likeness (QED) is 0.648. The molecule has 0 saturated carbocycles. The van der Waals surface area contributed by atoms with Gasteiger partial charge in [-0.3, -0.25) is 4.79 Å². The molecule has 0 aliphatic heterocycles. The predicted octanol–water partition coefficient (Wildman–Crippen LogP) is 4.59. The summed E-state index contributed by atoms with van der Waals surface area (Å²) in [6.07, 6.45) is -0.634. The fourth-order valence-corrected chi connectivity index (χ4v) is 3.03. The summed E-state index contributed by atoms with van der Waals surface area (Å²) < 4.78 is 21.3. The van der Waals surface area contributed by atoms with Gasteiger partial charge in [-0.15, -0.1) is 0 Å². The first kappa shape index (κ1) is 20.5. The Hall–Kier alpha value is -3.22. The van der Waals surface area contributed by atoms with Gasteiger partial charge in [0.25, 0.3) is 5.56 Å². The van der Waals surface area contributed by atoms with Crippen LogP contribution in [0.1, 0.15) is 33.3 Å². The molecule has 0 fully saturated rings. The van der Waals surface area contributed by atoms with Crippen molar-refractivity contribution in [2.45, 2.75) is 40.2 Å². The molecule has 0 spiro atoms. The molecule has 0 bridgehead atoms. The molecule has 0 aliphatic rings. The standard InChI is InChI=1S/C22H24FN3O3/c1-6-25(21(28)29-22(3,4)5)20-24-18-14(2)12-13-16(23)17(18)19(27)26(20)15-10-8-7-9-11-15/h7-13H,6H2,1-5H3. The zero-order valence-corrected chi connectivity index (χ0v) is 17.2. The van der Waals surface area contributed by atoms with E-state index in [1.54, 1.807) is 71.0 Å². The van der Waals surface area contributed by atoms with Crippen LogP contribution in [0.25, 0.3) is 16.6 Å². The third-order valence-electron chi connectivity index (χ3n) is 4.34. The summed E-state index contributed by atoms with van der Waals surface area (Å²) in [7, 11) is 0. The van der Waals surface area contributed by atoms with Gasteiger partial charge in [-0.05, 0) is 58.4 Å². The van der Waals surface area contributed by atoms with Crippen molar-refractivity contribution >= 4 is 22.9 Å². The molecule has 0 radical (unpaired) electrons. The summed E-state index contributed by atoms with van der Waals surface area (Å²) in [6.45, 7) is 9.00. The highest BCUT2D eigenvalue weighted by Gasteiger charge is 2.28. The lowest BCUT2D eigenvalue weighted by Gasteiger charge is -2.27. The van der Waals surface area contributed by atoms with Gasteiger partial charge in [0.1, 0.15) is 16.8 Å². The second-order valence-electron chi connectivity index (χ2n) is 7.70. The second-order valence-corrected chi connectivity index (χ2v) is 7.70. The maximum atomic E-state index is 14.6. The molecule has 1 aromatic heterocycles. The first-order valence-corrected chi connectivity index (χ1v) is 9.42. The number of fused-ring (bicyclic) bond motifs is 1. The maximum absolute atomic E-state index is 14.6. The Bertz CT molecular complexity index is 1120. The summed E-state index contributed by atoms with van der Waals surface area (Å²) in [5.74, 6) is -0.571. The number of rotatable bonds is 3. The number of halogens is 1. The zero-order valence-electron chi connectivity index (χ0n) is 17.2. The fourth-order valence-electron chi connectivity index (χ4n) is 3.03. The van der Waals surface area contributed by atoms with E-state index in [0.29, 0.717) is 11.3 Å². The molecule has 6 nitrogen and oxygen atoms in total. The number of carbonyl (C=O) groups excluding carboxylic acids is 1. The van der Waals surface area contributed by atoms with Crippen molar-refractivity contribution in [1.82, 2.24) is 9.55 Å². The van der Waals surface area contributed by atoms with Gasteiger partial charge in [0, 0.05) is 6.54 Å². The number of carbonyl (C=O) groups is 1. The van der Waals surface area contributed by atoms with Crippen LogP contribution in [0, 0.1) is 12.7 Å². The average Bonchev–Trinajstić information content (AvgIpc) is 2.64. The van der Waals surface area contributed by atoms with E-state index in [-0.39, 0.29) is 23.4 Å². The highest BCUT2D eigenvalue weighted by molar-refractivity contribution is 5.89. The number of ether oxygens (including phenoxy) is 1. The Morgan fingerprint density at radius 3 is 2.41 bits per heavy atom. The lowest BCUT2D eigenvalue weighted by Crippen LogP contribution is -2.40. The number of hydrogen-bond acceptors (Lipinski definition) is 4. The van der Waals surface area contributed by atoms with Gasteiger partial charge in [-0.2, -0.15) is 0 Å². The first-order chi connectivity index (χ1) is 13.6. The van der Waals surface area contributed by atoms with E-state index in [9.17, 15) is 14.0 Å². The molecular formula is C22H24FN3O3. The van der Waals surface area contributed by atoms with Crippen LogP contribution >= 0.6 is 0 Å². The minimum atomic E-state index is -0.721. The monoisotopic (exact) mass is 397 g/mol. The lowest BCUT2D eigenvalue weighted by molar-refractivity contribution is 0.0579. The van der Waals surface area contributed by atoms with Gasteiger partial charge >= 0.3 is 6.09 Å². The number of hydrogen-bond donors (Lipinski definition) is 0. The van der Waals surface area contributed by atoms with Crippen molar-refractivity contribution < 1.29 is 13.9 Å². The third-order valence-corrected chi connectivity index (χ3v) is 4.34. The van der Waals surface area contributed by atoms with E-state index >= 15 is 0 Å². The predicted molar refractivity (Wildman–Crippen MR) is 111 cm³/mol. The molecule has 7 heteroatoms. The number of nitrogens with zero attached hydrogens (tertiary/aromatic N) is 3. The van der Waals surface area contributed by atoms with E-state index in [1.165, 1.54) is 15.5 Å². The van der Waals surface area contributed by atoms with Gasteiger partial charge in [-0.1, -0.05) is 24.3 Å². The number of para-hydroxylation sites is 1. The van der Waals surface area contributed by atoms with E-state index in [2.05, 4.69) is 4.98 Å². The minimum Gasteiger partial charge on any atom is -0.443 e. The van der Waals surface area contributed by atoms with Crippen molar-refractivity contribution in [2.75, 3.05) is 11.4 Å². The smallest absolute Gasteiger partial charge is 0.417 e. The van der Waals surface area contributed by atoms with Crippen LogP contribution in [0.5, 0.6) is 0 Å².